The minimum absolute atomic E-state index is 0.299. The van der Waals surface area contributed by atoms with Crippen LogP contribution in [0, 0.1) is 0 Å². The second kappa shape index (κ2) is 4.90. The second-order valence-corrected chi connectivity index (χ2v) is 7.37. The highest BCUT2D eigenvalue weighted by atomic mass is 32.2. The second-order valence-electron chi connectivity index (χ2n) is 5.43. The van der Waals surface area contributed by atoms with Crippen LogP contribution in [0.15, 0.2) is 17.2 Å². The van der Waals surface area contributed by atoms with Crippen molar-refractivity contribution in [3.63, 3.8) is 0 Å². The third-order valence-corrected chi connectivity index (χ3v) is 5.13. The highest BCUT2D eigenvalue weighted by molar-refractivity contribution is 7.89. The third kappa shape index (κ3) is 2.84. The van der Waals surface area contributed by atoms with Crippen LogP contribution in [0.2, 0.25) is 0 Å². The van der Waals surface area contributed by atoms with E-state index in [2.05, 4.69) is 0 Å². The van der Waals surface area contributed by atoms with E-state index in [1.807, 2.05) is 13.8 Å². The van der Waals surface area contributed by atoms with E-state index in [1.165, 1.54) is 4.31 Å². The van der Waals surface area contributed by atoms with Crippen molar-refractivity contribution in [2.24, 2.45) is 12.8 Å². The fourth-order valence-electron chi connectivity index (χ4n) is 2.25. The molecule has 0 aromatic carbocycles. The zero-order valence-corrected chi connectivity index (χ0v) is 12.4. The van der Waals surface area contributed by atoms with Crippen molar-refractivity contribution in [3.05, 3.63) is 18.0 Å². The van der Waals surface area contributed by atoms with E-state index in [0.29, 0.717) is 31.1 Å². The molecule has 0 amide bonds. The monoisotopic (exact) mass is 287 g/mol. The van der Waals surface area contributed by atoms with Crippen molar-refractivity contribution in [3.8, 4) is 0 Å². The maximum absolute atomic E-state index is 12.6. The molecule has 0 saturated carbocycles. The van der Waals surface area contributed by atoms with Crippen LogP contribution in [0.3, 0.4) is 0 Å². The van der Waals surface area contributed by atoms with Gasteiger partial charge < -0.3 is 15.0 Å². The number of sulfonamides is 1. The lowest BCUT2D eigenvalue weighted by Gasteiger charge is -2.37. The zero-order valence-electron chi connectivity index (χ0n) is 11.6. The molecule has 0 unspecified atom stereocenters. The Morgan fingerprint density at radius 1 is 1.47 bits per heavy atom. The van der Waals surface area contributed by atoms with Crippen molar-refractivity contribution in [2.45, 2.75) is 30.9 Å². The van der Waals surface area contributed by atoms with Crippen LogP contribution >= 0.6 is 0 Å². The molecule has 0 atom stereocenters. The summed E-state index contributed by atoms with van der Waals surface area (Å²) < 4.78 is 33.9. The molecule has 1 fully saturated rings. The Balaban J connectivity index is 2.31. The molecule has 19 heavy (non-hydrogen) atoms. The molecule has 0 aliphatic carbocycles. The first kappa shape index (κ1) is 14.5. The van der Waals surface area contributed by atoms with Gasteiger partial charge in [-0.1, -0.05) is 0 Å². The van der Waals surface area contributed by atoms with Gasteiger partial charge in [-0.05, 0) is 19.9 Å². The predicted octanol–water partition coefficient (Wildman–Crippen LogP) is 0.283. The molecule has 0 spiro atoms. The largest absolute Gasteiger partial charge is 0.373 e. The van der Waals surface area contributed by atoms with Gasteiger partial charge in [0, 0.05) is 38.6 Å². The van der Waals surface area contributed by atoms with Crippen LogP contribution in [0.5, 0.6) is 0 Å². The number of hydrogen-bond donors (Lipinski definition) is 1. The van der Waals surface area contributed by atoms with Gasteiger partial charge in [0.1, 0.15) is 4.90 Å². The first-order chi connectivity index (χ1) is 8.76. The van der Waals surface area contributed by atoms with Crippen LogP contribution in [0.25, 0.3) is 0 Å². The Hall–Kier alpha value is -0.890. The molecule has 0 bridgehead atoms. The third-order valence-electron chi connectivity index (χ3n) is 3.32. The van der Waals surface area contributed by atoms with Gasteiger partial charge in [0.2, 0.25) is 10.0 Å². The first-order valence-electron chi connectivity index (χ1n) is 6.26. The van der Waals surface area contributed by atoms with E-state index in [0.717, 1.165) is 5.69 Å². The molecule has 1 aromatic heterocycles. The van der Waals surface area contributed by atoms with Crippen molar-refractivity contribution < 1.29 is 13.2 Å². The van der Waals surface area contributed by atoms with E-state index in [9.17, 15) is 8.42 Å². The topological polar surface area (TPSA) is 77.6 Å². The minimum atomic E-state index is -3.47. The standard InChI is InChI=1S/C12H21N3O3S/c1-12(2)9-15(4-5-18-12)19(16,17)11-6-10(7-13)14(3)8-11/h6,8H,4-5,7,9,13H2,1-3H3. The van der Waals surface area contributed by atoms with Gasteiger partial charge in [-0.2, -0.15) is 4.31 Å². The number of aryl methyl sites for hydroxylation is 1. The Labute approximate surface area is 114 Å². The SMILES string of the molecule is Cn1cc(S(=O)(=O)N2CCOC(C)(C)C2)cc1CN. The molecule has 1 saturated heterocycles. The van der Waals surface area contributed by atoms with E-state index in [-0.39, 0.29) is 0 Å². The average molecular weight is 287 g/mol. The van der Waals surface area contributed by atoms with Gasteiger partial charge in [0.05, 0.1) is 12.2 Å². The lowest BCUT2D eigenvalue weighted by atomic mass is 10.1. The van der Waals surface area contributed by atoms with E-state index in [1.54, 1.807) is 23.9 Å². The molecule has 6 nitrogen and oxygen atoms in total. The Kier molecular flexibility index (Phi) is 3.74. The molecule has 2 rings (SSSR count). The molecule has 1 aromatic rings. The summed E-state index contributed by atoms with van der Waals surface area (Å²) in [6.07, 6.45) is 1.61. The van der Waals surface area contributed by atoms with E-state index < -0.39 is 15.6 Å². The highest BCUT2D eigenvalue weighted by Crippen LogP contribution is 2.24. The number of nitrogens with zero attached hydrogens (tertiary/aromatic N) is 2. The quantitative estimate of drug-likeness (QED) is 0.866. The van der Waals surface area contributed by atoms with Crippen molar-refractivity contribution in [1.82, 2.24) is 8.87 Å². The summed E-state index contributed by atoms with van der Waals surface area (Å²) in [5.74, 6) is 0. The molecule has 2 N–H and O–H groups in total. The van der Waals surface area contributed by atoms with Gasteiger partial charge in [-0.3, -0.25) is 0 Å². The lowest BCUT2D eigenvalue weighted by molar-refractivity contribution is -0.0640. The van der Waals surface area contributed by atoms with Crippen LogP contribution in [-0.4, -0.2) is 42.6 Å². The van der Waals surface area contributed by atoms with Gasteiger partial charge >= 0.3 is 0 Å². The molecule has 7 heteroatoms. The van der Waals surface area contributed by atoms with E-state index in [4.69, 9.17) is 10.5 Å². The van der Waals surface area contributed by atoms with Crippen molar-refractivity contribution >= 4 is 10.0 Å². The number of ether oxygens (including phenoxy) is 1. The Morgan fingerprint density at radius 2 is 2.16 bits per heavy atom. The van der Waals surface area contributed by atoms with Gasteiger partial charge in [0.25, 0.3) is 0 Å². The van der Waals surface area contributed by atoms with Crippen LogP contribution in [0.4, 0.5) is 0 Å². The molecule has 1 aliphatic heterocycles. The predicted molar refractivity (Wildman–Crippen MR) is 72.1 cm³/mol. The molecule has 2 heterocycles. The van der Waals surface area contributed by atoms with Crippen molar-refractivity contribution in [1.29, 1.82) is 0 Å². The number of rotatable bonds is 3. The summed E-state index contributed by atoms with van der Waals surface area (Å²) in [5, 5.41) is 0. The van der Waals surface area contributed by atoms with Crippen LogP contribution < -0.4 is 5.73 Å². The smallest absolute Gasteiger partial charge is 0.244 e. The summed E-state index contributed by atoms with van der Waals surface area (Å²) in [6.45, 7) is 5.28. The number of morpholine rings is 1. The van der Waals surface area contributed by atoms with Crippen molar-refractivity contribution in [2.75, 3.05) is 19.7 Å². The highest BCUT2D eigenvalue weighted by Gasteiger charge is 2.35. The summed E-state index contributed by atoms with van der Waals surface area (Å²) in [5.41, 5.74) is 5.93. The summed E-state index contributed by atoms with van der Waals surface area (Å²) in [7, 11) is -1.67. The fourth-order valence-corrected chi connectivity index (χ4v) is 3.92. The van der Waals surface area contributed by atoms with Crippen LogP contribution in [0.1, 0.15) is 19.5 Å². The summed E-state index contributed by atoms with van der Waals surface area (Å²) in [6, 6.07) is 1.64. The summed E-state index contributed by atoms with van der Waals surface area (Å²) in [4.78, 5) is 0.299. The number of nitrogens with two attached hydrogens (primary N) is 1. The zero-order chi connectivity index (χ0) is 14.3. The first-order valence-corrected chi connectivity index (χ1v) is 7.70. The molecular formula is C12H21N3O3S. The van der Waals surface area contributed by atoms with Gasteiger partial charge in [-0.15, -0.1) is 0 Å². The molecule has 0 radical (unpaired) electrons. The van der Waals surface area contributed by atoms with Gasteiger partial charge in [-0.25, -0.2) is 8.42 Å². The molecular weight excluding hydrogens is 266 g/mol. The Bertz CT molecular complexity index is 563. The summed E-state index contributed by atoms with van der Waals surface area (Å²) >= 11 is 0. The Morgan fingerprint density at radius 3 is 2.68 bits per heavy atom. The average Bonchev–Trinajstić information content (AvgIpc) is 2.70. The van der Waals surface area contributed by atoms with E-state index >= 15 is 0 Å². The normalized spacial score (nSPS) is 20.6. The van der Waals surface area contributed by atoms with Crippen LogP contribution in [-0.2, 0) is 28.4 Å². The number of aromatic nitrogens is 1. The molecule has 108 valence electrons. The maximum Gasteiger partial charge on any atom is 0.244 e. The number of hydrogen-bond acceptors (Lipinski definition) is 4. The lowest BCUT2D eigenvalue weighted by Crippen LogP contribution is -2.50. The van der Waals surface area contributed by atoms with Gasteiger partial charge in [0.15, 0.2) is 0 Å². The molecule has 1 aliphatic rings. The fraction of sp³-hybridized carbons (Fsp3) is 0.667. The minimum Gasteiger partial charge on any atom is -0.373 e. The maximum atomic E-state index is 12.6.